The quantitative estimate of drug-likeness (QED) is 0.877. The predicted molar refractivity (Wildman–Crippen MR) is 84.0 cm³/mol. The molecule has 2 aromatic rings. The minimum absolute atomic E-state index is 0. The number of nitrogens with zero attached hydrogens (tertiary/aromatic N) is 4. The summed E-state index contributed by atoms with van der Waals surface area (Å²) in [5.74, 6) is 0.621. The van der Waals surface area contributed by atoms with Gasteiger partial charge in [0.25, 0.3) is 0 Å². The summed E-state index contributed by atoms with van der Waals surface area (Å²) in [6.07, 6.45) is 1.91. The Labute approximate surface area is 134 Å². The number of amides is 1. The smallest absolute Gasteiger partial charge is 0.237 e. The van der Waals surface area contributed by atoms with Crippen LogP contribution in [0.5, 0.6) is 0 Å². The summed E-state index contributed by atoms with van der Waals surface area (Å²) in [5.41, 5.74) is 0.873. The summed E-state index contributed by atoms with van der Waals surface area (Å²) >= 11 is 0. The summed E-state index contributed by atoms with van der Waals surface area (Å²) in [6.45, 7) is 2.78. The molecule has 0 radical (unpaired) electrons. The first-order valence-electron chi connectivity index (χ1n) is 7.13. The molecule has 0 saturated carbocycles. The van der Waals surface area contributed by atoms with Crippen LogP contribution in [0.3, 0.4) is 0 Å². The number of hydrogen-bond donors (Lipinski definition) is 2. The number of carbonyl (C=O) groups is 1. The molecule has 8 heteroatoms. The van der Waals surface area contributed by atoms with Crippen LogP contribution < -0.4 is 10.6 Å². The van der Waals surface area contributed by atoms with Crippen LogP contribution in [0, 0.1) is 0 Å². The zero-order valence-electron chi connectivity index (χ0n) is 12.3. The number of rotatable bonds is 4. The zero-order chi connectivity index (χ0) is 14.7. The summed E-state index contributed by atoms with van der Waals surface area (Å²) in [6, 6.07) is 9.27. The lowest BCUT2D eigenvalue weighted by atomic mass is 10.2. The topological polar surface area (TPSA) is 84.7 Å². The zero-order valence-corrected chi connectivity index (χ0v) is 13.1. The Morgan fingerprint density at radius 1 is 1.41 bits per heavy atom. The van der Waals surface area contributed by atoms with Gasteiger partial charge in [0.05, 0.1) is 17.8 Å². The molecule has 7 nitrogen and oxygen atoms in total. The Morgan fingerprint density at radius 3 is 2.86 bits per heavy atom. The van der Waals surface area contributed by atoms with Gasteiger partial charge < -0.3 is 10.6 Å². The molecule has 1 saturated heterocycles. The highest BCUT2D eigenvalue weighted by Crippen LogP contribution is 2.14. The van der Waals surface area contributed by atoms with E-state index in [1.54, 1.807) is 4.68 Å². The van der Waals surface area contributed by atoms with Crippen molar-refractivity contribution in [3.63, 3.8) is 0 Å². The third-order valence-electron chi connectivity index (χ3n) is 3.62. The molecule has 2 heterocycles. The van der Waals surface area contributed by atoms with Gasteiger partial charge in [0, 0.05) is 0 Å². The highest BCUT2D eigenvalue weighted by Gasteiger charge is 2.25. The molecule has 2 N–H and O–H groups in total. The number of carbonyl (C=O) groups excluding carboxylic acids is 1. The van der Waals surface area contributed by atoms with Crippen molar-refractivity contribution >= 4 is 18.3 Å². The first kappa shape index (κ1) is 16.4. The number of nitrogens with one attached hydrogen (secondary N) is 2. The summed E-state index contributed by atoms with van der Waals surface area (Å²) < 4.78 is 1.65. The maximum atomic E-state index is 12.1. The van der Waals surface area contributed by atoms with E-state index in [1.165, 1.54) is 0 Å². The molecule has 1 aliphatic rings. The van der Waals surface area contributed by atoms with Gasteiger partial charge in [-0.2, -0.15) is 4.68 Å². The fourth-order valence-corrected chi connectivity index (χ4v) is 2.50. The molecule has 1 aliphatic heterocycles. The highest BCUT2D eigenvalue weighted by molar-refractivity contribution is 5.85. The summed E-state index contributed by atoms with van der Waals surface area (Å²) in [4.78, 5) is 12.1. The van der Waals surface area contributed by atoms with Crippen LogP contribution in [-0.4, -0.2) is 38.7 Å². The third-order valence-corrected chi connectivity index (χ3v) is 3.62. The molecule has 1 fully saturated rings. The number of halogens is 1. The fourth-order valence-electron chi connectivity index (χ4n) is 2.50. The third kappa shape index (κ3) is 3.42. The van der Waals surface area contributed by atoms with E-state index in [0.717, 1.165) is 25.1 Å². The first-order valence-corrected chi connectivity index (χ1v) is 7.13. The van der Waals surface area contributed by atoms with Crippen molar-refractivity contribution in [3.8, 4) is 5.69 Å². The first-order chi connectivity index (χ1) is 10.3. The Bertz CT molecular complexity index is 611. The van der Waals surface area contributed by atoms with E-state index >= 15 is 0 Å². The van der Waals surface area contributed by atoms with E-state index in [9.17, 15) is 4.79 Å². The van der Waals surface area contributed by atoms with Crippen LogP contribution in [0.25, 0.3) is 5.69 Å². The Morgan fingerprint density at radius 2 is 2.18 bits per heavy atom. The number of hydrogen-bond acceptors (Lipinski definition) is 5. The average Bonchev–Trinajstić information content (AvgIpc) is 3.19. The van der Waals surface area contributed by atoms with Crippen molar-refractivity contribution in [2.75, 3.05) is 6.54 Å². The Balaban J connectivity index is 0.00000176. The van der Waals surface area contributed by atoms with Crippen molar-refractivity contribution in [1.29, 1.82) is 0 Å². The minimum Gasteiger partial charge on any atom is -0.345 e. The molecule has 0 bridgehead atoms. The van der Waals surface area contributed by atoms with Crippen molar-refractivity contribution in [1.82, 2.24) is 30.8 Å². The minimum atomic E-state index is -0.255. The van der Waals surface area contributed by atoms with Crippen LogP contribution in [0.1, 0.15) is 31.6 Å². The van der Waals surface area contributed by atoms with E-state index in [-0.39, 0.29) is 30.4 Å². The van der Waals surface area contributed by atoms with Crippen LogP contribution in [0.15, 0.2) is 30.3 Å². The van der Waals surface area contributed by atoms with Gasteiger partial charge in [-0.25, -0.2) is 0 Å². The molecule has 3 rings (SSSR count). The van der Waals surface area contributed by atoms with E-state index in [1.807, 2.05) is 37.3 Å². The Hall–Kier alpha value is -1.99. The van der Waals surface area contributed by atoms with E-state index in [2.05, 4.69) is 26.2 Å². The van der Waals surface area contributed by atoms with Crippen LogP contribution in [0.2, 0.25) is 0 Å². The van der Waals surface area contributed by atoms with E-state index in [4.69, 9.17) is 0 Å². The molecule has 0 spiro atoms. The van der Waals surface area contributed by atoms with Gasteiger partial charge in [0.1, 0.15) is 0 Å². The highest BCUT2D eigenvalue weighted by atomic mass is 35.5. The maximum Gasteiger partial charge on any atom is 0.237 e. The second-order valence-electron chi connectivity index (χ2n) is 5.16. The predicted octanol–water partition coefficient (Wildman–Crippen LogP) is 1.01. The second-order valence-corrected chi connectivity index (χ2v) is 5.16. The standard InChI is InChI=1S/C14H18N6O.ClH/c1-10(16-14(21)12-8-5-9-15-12)13-17-18-19-20(13)11-6-3-2-4-7-11;/h2-4,6-7,10,12,15H,5,8-9H2,1H3,(H,16,21);1H. The number of para-hydroxylation sites is 1. The van der Waals surface area contributed by atoms with E-state index < -0.39 is 0 Å². The second kappa shape index (κ2) is 7.33. The molecule has 1 amide bonds. The van der Waals surface area contributed by atoms with Gasteiger partial charge in [0.2, 0.25) is 5.91 Å². The average molecular weight is 323 g/mol. The van der Waals surface area contributed by atoms with Crippen LogP contribution >= 0.6 is 12.4 Å². The number of aromatic nitrogens is 4. The SMILES string of the molecule is CC(NC(=O)C1CCCN1)c1nnnn1-c1ccccc1.Cl. The lowest BCUT2D eigenvalue weighted by Gasteiger charge is -2.16. The van der Waals surface area contributed by atoms with Crippen molar-refractivity contribution in [2.45, 2.75) is 31.8 Å². The van der Waals surface area contributed by atoms with Gasteiger partial charge in [-0.15, -0.1) is 17.5 Å². The monoisotopic (exact) mass is 322 g/mol. The van der Waals surface area contributed by atoms with Crippen molar-refractivity contribution < 1.29 is 4.79 Å². The lowest BCUT2D eigenvalue weighted by molar-refractivity contribution is -0.123. The molecule has 2 atom stereocenters. The van der Waals surface area contributed by atoms with Gasteiger partial charge in [-0.1, -0.05) is 18.2 Å². The molecule has 22 heavy (non-hydrogen) atoms. The Kier molecular flexibility index (Phi) is 5.46. The largest absolute Gasteiger partial charge is 0.345 e. The van der Waals surface area contributed by atoms with Gasteiger partial charge in [-0.3, -0.25) is 4.79 Å². The normalized spacial score (nSPS) is 18.5. The number of tetrazole rings is 1. The van der Waals surface area contributed by atoms with Crippen LogP contribution in [0.4, 0.5) is 0 Å². The molecular formula is C14H19ClN6O. The molecule has 118 valence electrons. The number of benzene rings is 1. The van der Waals surface area contributed by atoms with E-state index in [0.29, 0.717) is 5.82 Å². The molecular weight excluding hydrogens is 304 g/mol. The van der Waals surface area contributed by atoms with Gasteiger partial charge >= 0.3 is 0 Å². The van der Waals surface area contributed by atoms with Gasteiger partial charge in [0.15, 0.2) is 5.82 Å². The maximum absolute atomic E-state index is 12.1. The summed E-state index contributed by atoms with van der Waals surface area (Å²) in [5, 5.41) is 17.9. The molecule has 2 unspecified atom stereocenters. The molecule has 0 aliphatic carbocycles. The molecule has 1 aromatic carbocycles. The van der Waals surface area contributed by atoms with Crippen LogP contribution in [-0.2, 0) is 4.79 Å². The molecule has 1 aromatic heterocycles. The van der Waals surface area contributed by atoms with Crippen molar-refractivity contribution in [3.05, 3.63) is 36.2 Å². The van der Waals surface area contributed by atoms with Gasteiger partial charge in [-0.05, 0) is 48.9 Å². The fraction of sp³-hybridized carbons (Fsp3) is 0.429. The summed E-state index contributed by atoms with van der Waals surface area (Å²) in [7, 11) is 0. The lowest BCUT2D eigenvalue weighted by Crippen LogP contribution is -2.41. The van der Waals surface area contributed by atoms with Crippen molar-refractivity contribution in [2.24, 2.45) is 0 Å².